The van der Waals surface area contributed by atoms with Crippen molar-refractivity contribution in [1.82, 2.24) is 5.32 Å². The fourth-order valence-corrected chi connectivity index (χ4v) is 2.21. The SMILES string of the molecule is Cc1ccccc1CNC(=O)CC(=O)Nc1ccc(Br)cc1. The van der Waals surface area contributed by atoms with Crippen LogP contribution < -0.4 is 10.6 Å². The second-order valence-corrected chi connectivity index (χ2v) is 5.85. The summed E-state index contributed by atoms with van der Waals surface area (Å²) in [6.45, 7) is 2.42. The van der Waals surface area contributed by atoms with Crippen LogP contribution in [0.5, 0.6) is 0 Å². The van der Waals surface area contributed by atoms with Crippen molar-refractivity contribution in [1.29, 1.82) is 0 Å². The number of aryl methyl sites for hydroxylation is 1. The standard InChI is InChI=1S/C17H17BrN2O2/c1-12-4-2-3-5-13(12)11-19-16(21)10-17(22)20-15-8-6-14(18)7-9-15/h2-9H,10-11H2,1H3,(H,19,21)(H,20,22). The normalized spacial score (nSPS) is 10.1. The van der Waals surface area contributed by atoms with Crippen LogP contribution in [0.3, 0.4) is 0 Å². The van der Waals surface area contributed by atoms with Crippen molar-refractivity contribution in [3.63, 3.8) is 0 Å². The Morgan fingerprint density at radius 3 is 2.36 bits per heavy atom. The molecule has 22 heavy (non-hydrogen) atoms. The van der Waals surface area contributed by atoms with Crippen LogP contribution in [0.1, 0.15) is 17.5 Å². The molecule has 0 spiro atoms. The van der Waals surface area contributed by atoms with Crippen LogP contribution in [0.2, 0.25) is 0 Å². The van der Waals surface area contributed by atoms with Crippen molar-refractivity contribution in [2.75, 3.05) is 5.32 Å². The highest BCUT2D eigenvalue weighted by molar-refractivity contribution is 9.10. The Morgan fingerprint density at radius 1 is 1.00 bits per heavy atom. The van der Waals surface area contributed by atoms with E-state index in [0.29, 0.717) is 12.2 Å². The predicted octanol–water partition coefficient (Wildman–Crippen LogP) is 3.40. The maximum absolute atomic E-state index is 11.8. The molecule has 0 bridgehead atoms. The lowest BCUT2D eigenvalue weighted by Gasteiger charge is -2.08. The molecule has 2 aromatic carbocycles. The molecule has 4 nitrogen and oxygen atoms in total. The van der Waals surface area contributed by atoms with Crippen molar-refractivity contribution in [2.24, 2.45) is 0 Å². The highest BCUT2D eigenvalue weighted by Gasteiger charge is 2.09. The van der Waals surface area contributed by atoms with Gasteiger partial charge < -0.3 is 10.6 Å². The summed E-state index contributed by atoms with van der Waals surface area (Å²) in [5.41, 5.74) is 2.83. The average Bonchev–Trinajstić information content (AvgIpc) is 2.49. The van der Waals surface area contributed by atoms with Crippen molar-refractivity contribution in [3.05, 3.63) is 64.1 Å². The van der Waals surface area contributed by atoms with E-state index in [1.165, 1.54) is 0 Å². The summed E-state index contributed by atoms with van der Waals surface area (Å²) < 4.78 is 0.932. The summed E-state index contributed by atoms with van der Waals surface area (Å²) >= 11 is 3.32. The summed E-state index contributed by atoms with van der Waals surface area (Å²) in [6.07, 6.45) is -0.193. The van der Waals surface area contributed by atoms with Crippen molar-refractivity contribution in [3.8, 4) is 0 Å². The van der Waals surface area contributed by atoms with Gasteiger partial charge in [-0.1, -0.05) is 40.2 Å². The van der Waals surface area contributed by atoms with Gasteiger partial charge in [-0.25, -0.2) is 0 Å². The highest BCUT2D eigenvalue weighted by atomic mass is 79.9. The zero-order valence-electron chi connectivity index (χ0n) is 12.2. The van der Waals surface area contributed by atoms with E-state index in [0.717, 1.165) is 15.6 Å². The maximum atomic E-state index is 11.8. The van der Waals surface area contributed by atoms with Crippen molar-refractivity contribution in [2.45, 2.75) is 19.9 Å². The van der Waals surface area contributed by atoms with Crippen LogP contribution in [-0.2, 0) is 16.1 Å². The Labute approximate surface area is 138 Å². The molecule has 2 rings (SSSR count). The largest absolute Gasteiger partial charge is 0.352 e. The summed E-state index contributed by atoms with van der Waals surface area (Å²) in [6, 6.07) is 15.0. The summed E-state index contributed by atoms with van der Waals surface area (Å²) in [5.74, 6) is -0.623. The molecule has 0 heterocycles. The quantitative estimate of drug-likeness (QED) is 0.802. The van der Waals surface area contributed by atoms with Crippen LogP contribution in [-0.4, -0.2) is 11.8 Å². The molecule has 5 heteroatoms. The molecule has 0 aromatic heterocycles. The molecular formula is C17H17BrN2O2. The number of nitrogens with one attached hydrogen (secondary N) is 2. The van der Waals surface area contributed by atoms with Gasteiger partial charge in [-0.3, -0.25) is 9.59 Å². The topological polar surface area (TPSA) is 58.2 Å². The van der Waals surface area contributed by atoms with Crippen LogP contribution in [0.4, 0.5) is 5.69 Å². The molecular weight excluding hydrogens is 344 g/mol. The van der Waals surface area contributed by atoms with Gasteiger partial charge in [0.25, 0.3) is 0 Å². The Morgan fingerprint density at radius 2 is 1.68 bits per heavy atom. The van der Waals surface area contributed by atoms with Crippen LogP contribution in [0, 0.1) is 6.92 Å². The zero-order chi connectivity index (χ0) is 15.9. The lowest BCUT2D eigenvalue weighted by Crippen LogP contribution is -2.28. The number of hydrogen-bond acceptors (Lipinski definition) is 2. The molecule has 2 amide bonds. The molecule has 2 aromatic rings. The number of carbonyl (C=O) groups is 2. The maximum Gasteiger partial charge on any atom is 0.233 e. The van der Waals surface area contributed by atoms with E-state index in [9.17, 15) is 9.59 Å². The first kappa shape index (κ1) is 16.2. The molecule has 0 atom stereocenters. The van der Waals surface area contributed by atoms with Gasteiger partial charge in [0, 0.05) is 16.7 Å². The summed E-state index contributed by atoms with van der Waals surface area (Å²) in [5, 5.41) is 5.45. The number of halogens is 1. The van der Waals surface area contributed by atoms with E-state index < -0.39 is 0 Å². The molecule has 0 aliphatic rings. The smallest absolute Gasteiger partial charge is 0.233 e. The average molecular weight is 361 g/mol. The molecule has 0 fully saturated rings. The van der Waals surface area contributed by atoms with Gasteiger partial charge in [0.15, 0.2) is 0 Å². The number of hydrogen-bond donors (Lipinski definition) is 2. The number of benzene rings is 2. The molecule has 2 N–H and O–H groups in total. The number of amides is 2. The first-order valence-electron chi connectivity index (χ1n) is 6.91. The third-order valence-electron chi connectivity index (χ3n) is 3.19. The Hall–Kier alpha value is -2.14. The van der Waals surface area contributed by atoms with E-state index in [4.69, 9.17) is 0 Å². The molecule has 0 aliphatic carbocycles. The summed E-state index contributed by atoms with van der Waals surface area (Å²) in [7, 11) is 0. The van der Waals surface area contributed by atoms with Crippen LogP contribution in [0.25, 0.3) is 0 Å². The molecule has 0 radical (unpaired) electrons. The predicted molar refractivity (Wildman–Crippen MR) is 90.4 cm³/mol. The molecule has 0 saturated carbocycles. The first-order chi connectivity index (χ1) is 10.5. The fraction of sp³-hybridized carbons (Fsp3) is 0.176. The molecule has 0 saturated heterocycles. The molecule has 114 valence electrons. The van der Waals surface area contributed by atoms with Crippen molar-refractivity contribution >= 4 is 33.4 Å². The number of rotatable bonds is 5. The van der Waals surface area contributed by atoms with E-state index >= 15 is 0 Å². The van der Waals surface area contributed by atoms with E-state index in [2.05, 4.69) is 26.6 Å². The van der Waals surface area contributed by atoms with Gasteiger partial charge in [-0.2, -0.15) is 0 Å². The fourth-order valence-electron chi connectivity index (χ4n) is 1.95. The zero-order valence-corrected chi connectivity index (χ0v) is 13.8. The Bertz CT molecular complexity index is 669. The monoisotopic (exact) mass is 360 g/mol. The van der Waals surface area contributed by atoms with E-state index in [-0.39, 0.29) is 18.2 Å². The Kier molecular flexibility index (Phi) is 5.72. The third-order valence-corrected chi connectivity index (χ3v) is 3.72. The van der Waals surface area contributed by atoms with Gasteiger partial charge >= 0.3 is 0 Å². The van der Waals surface area contributed by atoms with Crippen LogP contribution >= 0.6 is 15.9 Å². The Balaban J connectivity index is 1.80. The number of carbonyl (C=O) groups excluding carboxylic acids is 2. The van der Waals surface area contributed by atoms with Gasteiger partial charge in [-0.05, 0) is 42.3 Å². The van der Waals surface area contributed by atoms with E-state index in [1.54, 1.807) is 12.1 Å². The minimum absolute atomic E-state index is 0.193. The van der Waals surface area contributed by atoms with Crippen molar-refractivity contribution < 1.29 is 9.59 Å². The minimum Gasteiger partial charge on any atom is -0.352 e. The first-order valence-corrected chi connectivity index (χ1v) is 7.70. The molecule has 0 aliphatic heterocycles. The van der Waals surface area contributed by atoms with Crippen LogP contribution in [0.15, 0.2) is 53.0 Å². The lowest BCUT2D eigenvalue weighted by atomic mass is 10.1. The molecule has 0 unspecified atom stereocenters. The lowest BCUT2D eigenvalue weighted by molar-refractivity contribution is -0.126. The van der Waals surface area contributed by atoms with Gasteiger partial charge in [0.2, 0.25) is 11.8 Å². The number of anilines is 1. The van der Waals surface area contributed by atoms with Gasteiger partial charge in [-0.15, -0.1) is 0 Å². The highest BCUT2D eigenvalue weighted by Crippen LogP contribution is 2.14. The van der Waals surface area contributed by atoms with E-state index in [1.807, 2.05) is 43.3 Å². The van der Waals surface area contributed by atoms with Gasteiger partial charge in [0.1, 0.15) is 6.42 Å². The third kappa shape index (κ3) is 5.00. The minimum atomic E-state index is -0.329. The second-order valence-electron chi connectivity index (χ2n) is 4.94. The van der Waals surface area contributed by atoms with Gasteiger partial charge in [0.05, 0.1) is 0 Å². The second kappa shape index (κ2) is 7.75. The summed E-state index contributed by atoms with van der Waals surface area (Å²) in [4.78, 5) is 23.6.